The number of hydrogen-bond donors (Lipinski definition) is 2. The highest BCUT2D eigenvalue weighted by Gasteiger charge is 2.57. The van der Waals surface area contributed by atoms with Crippen LogP contribution in [0, 0.1) is 0 Å². The molecule has 0 bridgehead atoms. The van der Waals surface area contributed by atoms with Gasteiger partial charge in [0.1, 0.15) is 5.29 Å². The van der Waals surface area contributed by atoms with Gasteiger partial charge < -0.3 is 19.0 Å². The molecule has 1 unspecified atom stereocenters. The maximum atomic E-state index is 6.31. The quantitative estimate of drug-likeness (QED) is 0.474. The van der Waals surface area contributed by atoms with E-state index < -0.39 is 14.1 Å². The van der Waals surface area contributed by atoms with Crippen molar-refractivity contribution in [1.82, 2.24) is 5.32 Å². The molecular weight excluding hydrogens is 212 g/mol. The second-order valence-electron chi connectivity index (χ2n) is 3.42. The Morgan fingerprint density at radius 2 is 1.60 bits per heavy atom. The van der Waals surface area contributed by atoms with Gasteiger partial charge in [-0.15, -0.1) is 0 Å². The van der Waals surface area contributed by atoms with Gasteiger partial charge in [-0.25, -0.2) is 0 Å². The molecule has 5 nitrogen and oxygen atoms in total. The summed E-state index contributed by atoms with van der Waals surface area (Å²) in [4.78, 5) is 0. The van der Waals surface area contributed by atoms with Crippen molar-refractivity contribution in [2.24, 2.45) is 5.73 Å². The van der Waals surface area contributed by atoms with E-state index in [2.05, 4.69) is 12.2 Å². The van der Waals surface area contributed by atoms with Crippen LogP contribution in [0.4, 0.5) is 0 Å². The van der Waals surface area contributed by atoms with E-state index in [4.69, 9.17) is 19.0 Å². The zero-order chi connectivity index (χ0) is 11.9. The van der Waals surface area contributed by atoms with Crippen LogP contribution in [0.15, 0.2) is 0 Å². The molecule has 0 aliphatic heterocycles. The maximum absolute atomic E-state index is 6.31. The van der Waals surface area contributed by atoms with E-state index in [-0.39, 0.29) is 0 Å². The van der Waals surface area contributed by atoms with Crippen molar-refractivity contribution in [2.75, 3.05) is 27.9 Å². The largest absolute Gasteiger partial charge is 0.536 e. The molecule has 0 rings (SSSR count). The van der Waals surface area contributed by atoms with E-state index in [0.717, 1.165) is 19.4 Å². The number of nitrogens with one attached hydrogen (secondary N) is 1. The van der Waals surface area contributed by atoms with Gasteiger partial charge in [-0.05, 0) is 13.0 Å². The third kappa shape index (κ3) is 2.99. The molecule has 3 N–H and O–H groups in total. The second-order valence-corrected chi connectivity index (χ2v) is 6.65. The minimum absolute atomic E-state index is 0.714. The van der Waals surface area contributed by atoms with E-state index >= 15 is 0 Å². The van der Waals surface area contributed by atoms with E-state index in [0.29, 0.717) is 0 Å². The first-order chi connectivity index (χ1) is 7.05. The van der Waals surface area contributed by atoms with E-state index in [1.54, 1.807) is 21.3 Å². The molecule has 0 amide bonds. The Kier molecular flexibility index (Phi) is 6.57. The molecule has 0 aromatic carbocycles. The van der Waals surface area contributed by atoms with Crippen LogP contribution in [-0.2, 0) is 13.3 Å². The molecule has 0 aromatic rings. The first kappa shape index (κ1) is 15.0. The minimum Gasteiger partial charge on any atom is -0.375 e. The average molecular weight is 236 g/mol. The van der Waals surface area contributed by atoms with Crippen molar-refractivity contribution < 1.29 is 13.3 Å². The van der Waals surface area contributed by atoms with Gasteiger partial charge in [0.05, 0.1) is 0 Å². The molecule has 0 heterocycles. The van der Waals surface area contributed by atoms with Gasteiger partial charge in [-0.2, -0.15) is 0 Å². The SMILES string of the molecule is CCCC(N)(NCC)[Si](OC)(OC)OC. The van der Waals surface area contributed by atoms with Crippen molar-refractivity contribution in [2.45, 2.75) is 32.0 Å². The van der Waals surface area contributed by atoms with E-state index in [1.807, 2.05) is 6.92 Å². The third-order valence-corrected chi connectivity index (χ3v) is 5.62. The summed E-state index contributed by atoms with van der Waals surface area (Å²) in [6, 6.07) is 0. The monoisotopic (exact) mass is 236 g/mol. The Labute approximate surface area is 93.6 Å². The smallest absolute Gasteiger partial charge is 0.375 e. The second kappa shape index (κ2) is 6.57. The average Bonchev–Trinajstić information content (AvgIpc) is 2.21. The summed E-state index contributed by atoms with van der Waals surface area (Å²) >= 11 is 0. The molecule has 0 spiro atoms. The highest BCUT2D eigenvalue weighted by molar-refractivity contribution is 6.64. The molecular formula is C9H24N2O3Si. The fourth-order valence-corrected chi connectivity index (χ4v) is 4.40. The topological polar surface area (TPSA) is 65.7 Å². The fourth-order valence-electron chi connectivity index (χ4n) is 1.86. The van der Waals surface area contributed by atoms with Crippen LogP contribution < -0.4 is 11.1 Å². The third-order valence-electron chi connectivity index (χ3n) is 2.49. The Morgan fingerprint density at radius 3 is 1.87 bits per heavy atom. The van der Waals surface area contributed by atoms with Crippen molar-refractivity contribution in [3.05, 3.63) is 0 Å². The Hall–Kier alpha value is 0.0169. The van der Waals surface area contributed by atoms with Crippen molar-refractivity contribution in [3.8, 4) is 0 Å². The molecule has 0 saturated carbocycles. The zero-order valence-electron chi connectivity index (χ0n) is 10.4. The van der Waals surface area contributed by atoms with Crippen LogP contribution in [0.1, 0.15) is 26.7 Å². The Morgan fingerprint density at radius 1 is 1.13 bits per heavy atom. The summed E-state index contributed by atoms with van der Waals surface area (Å²) < 4.78 is 16.2. The Balaban J connectivity index is 4.97. The summed E-state index contributed by atoms with van der Waals surface area (Å²) in [6.45, 7) is 4.82. The van der Waals surface area contributed by atoms with Gasteiger partial charge in [0.2, 0.25) is 0 Å². The molecule has 0 fully saturated rings. The normalized spacial score (nSPS) is 16.4. The van der Waals surface area contributed by atoms with Crippen LogP contribution >= 0.6 is 0 Å². The summed E-state index contributed by atoms with van der Waals surface area (Å²) in [6.07, 6.45) is 1.69. The van der Waals surface area contributed by atoms with Gasteiger partial charge in [0.15, 0.2) is 0 Å². The van der Waals surface area contributed by atoms with Crippen LogP contribution in [0.2, 0.25) is 0 Å². The summed E-state index contributed by atoms with van der Waals surface area (Å²) in [7, 11) is 1.89. The highest BCUT2D eigenvalue weighted by atomic mass is 28.4. The van der Waals surface area contributed by atoms with Gasteiger partial charge in [0.25, 0.3) is 0 Å². The number of nitrogens with two attached hydrogens (primary N) is 1. The summed E-state index contributed by atoms with van der Waals surface area (Å²) in [5.41, 5.74) is 6.31. The van der Waals surface area contributed by atoms with E-state index in [9.17, 15) is 0 Å². The van der Waals surface area contributed by atoms with Gasteiger partial charge in [-0.3, -0.25) is 5.32 Å². The number of rotatable bonds is 8. The standard InChI is InChI=1S/C9H24N2O3Si/c1-6-8-9(10,11-7-2)15(12-3,13-4)14-5/h11H,6-8,10H2,1-5H3. The summed E-state index contributed by atoms with van der Waals surface area (Å²) in [5.74, 6) is 0. The van der Waals surface area contributed by atoms with Crippen molar-refractivity contribution in [1.29, 1.82) is 0 Å². The first-order valence-corrected chi connectivity index (χ1v) is 6.97. The van der Waals surface area contributed by atoms with Crippen molar-refractivity contribution >= 4 is 8.80 Å². The zero-order valence-corrected chi connectivity index (χ0v) is 11.4. The van der Waals surface area contributed by atoms with Gasteiger partial charge in [0, 0.05) is 21.3 Å². The predicted molar refractivity (Wildman–Crippen MR) is 62.3 cm³/mol. The molecule has 92 valence electrons. The minimum atomic E-state index is -2.85. The molecule has 0 aliphatic rings. The number of hydrogen-bond acceptors (Lipinski definition) is 5. The lowest BCUT2D eigenvalue weighted by atomic mass is 10.3. The van der Waals surface area contributed by atoms with Crippen LogP contribution in [0.3, 0.4) is 0 Å². The summed E-state index contributed by atoms with van der Waals surface area (Å²) in [5, 5.41) is 2.50. The van der Waals surface area contributed by atoms with E-state index in [1.165, 1.54) is 0 Å². The molecule has 0 saturated heterocycles. The molecule has 15 heavy (non-hydrogen) atoms. The molecule has 0 aromatic heterocycles. The first-order valence-electron chi connectivity index (χ1n) is 5.25. The lowest BCUT2D eigenvalue weighted by molar-refractivity contribution is 0.0795. The lowest BCUT2D eigenvalue weighted by Gasteiger charge is -2.41. The van der Waals surface area contributed by atoms with Crippen LogP contribution in [0.5, 0.6) is 0 Å². The molecule has 6 heteroatoms. The van der Waals surface area contributed by atoms with Crippen LogP contribution in [0.25, 0.3) is 0 Å². The van der Waals surface area contributed by atoms with Crippen LogP contribution in [-0.4, -0.2) is 42.0 Å². The molecule has 0 aliphatic carbocycles. The predicted octanol–water partition coefficient (Wildman–Crippen LogP) is 0.468. The van der Waals surface area contributed by atoms with Gasteiger partial charge >= 0.3 is 8.80 Å². The van der Waals surface area contributed by atoms with Crippen molar-refractivity contribution in [3.63, 3.8) is 0 Å². The lowest BCUT2D eigenvalue weighted by Crippen LogP contribution is -2.75. The van der Waals surface area contributed by atoms with Gasteiger partial charge in [-0.1, -0.05) is 20.3 Å². The maximum Gasteiger partial charge on any atom is 0.536 e. The fraction of sp³-hybridized carbons (Fsp3) is 1.00. The Bertz CT molecular complexity index is 162. The molecule has 1 atom stereocenters. The molecule has 0 radical (unpaired) electrons. The highest BCUT2D eigenvalue weighted by Crippen LogP contribution is 2.22.